The maximum Gasteiger partial charge on any atom is 0.258 e. The second-order valence-corrected chi connectivity index (χ2v) is 5.46. The molecule has 0 unspecified atom stereocenters. The summed E-state index contributed by atoms with van der Waals surface area (Å²) in [6.45, 7) is 0. The number of carbonyl (C=O) groups is 1. The number of nitrogens with two attached hydrogens (primary N) is 1. The van der Waals surface area contributed by atoms with Crippen LogP contribution in [0.15, 0.2) is 40.9 Å². The van der Waals surface area contributed by atoms with Gasteiger partial charge in [0.25, 0.3) is 5.91 Å². The van der Waals surface area contributed by atoms with Gasteiger partial charge in [-0.25, -0.2) is 0 Å². The Morgan fingerprint density at radius 2 is 1.79 bits per heavy atom. The minimum atomic E-state index is -0.387. The van der Waals surface area contributed by atoms with E-state index < -0.39 is 0 Å². The highest BCUT2D eigenvalue weighted by molar-refractivity contribution is 9.10. The third-order valence-electron chi connectivity index (χ3n) is 2.43. The molecule has 3 nitrogen and oxygen atoms in total. The number of hydrogen-bond acceptors (Lipinski definition) is 2. The lowest BCUT2D eigenvalue weighted by Gasteiger charge is -2.10. The molecular formula is C13H9BrCl2N2O. The van der Waals surface area contributed by atoms with Gasteiger partial charge in [0, 0.05) is 10.2 Å². The van der Waals surface area contributed by atoms with Crippen molar-refractivity contribution in [1.29, 1.82) is 0 Å². The third kappa shape index (κ3) is 3.21. The fourth-order valence-corrected chi connectivity index (χ4v) is 2.45. The number of rotatable bonds is 2. The normalized spacial score (nSPS) is 10.3. The zero-order valence-corrected chi connectivity index (χ0v) is 12.7. The van der Waals surface area contributed by atoms with Crippen LogP contribution >= 0.6 is 39.1 Å². The summed E-state index contributed by atoms with van der Waals surface area (Å²) in [5.74, 6) is -0.387. The molecule has 0 radical (unpaired) electrons. The topological polar surface area (TPSA) is 55.1 Å². The minimum Gasteiger partial charge on any atom is -0.399 e. The van der Waals surface area contributed by atoms with Crippen molar-refractivity contribution in [2.75, 3.05) is 11.1 Å². The van der Waals surface area contributed by atoms with Gasteiger partial charge in [-0.2, -0.15) is 0 Å². The van der Waals surface area contributed by atoms with Crippen molar-refractivity contribution < 1.29 is 4.79 Å². The summed E-state index contributed by atoms with van der Waals surface area (Å²) in [5, 5.41) is 3.31. The van der Waals surface area contributed by atoms with Gasteiger partial charge in [-0.1, -0.05) is 29.3 Å². The van der Waals surface area contributed by atoms with Crippen LogP contribution in [0, 0.1) is 0 Å². The number of hydrogen-bond donors (Lipinski definition) is 2. The summed E-state index contributed by atoms with van der Waals surface area (Å²) < 4.78 is 0.721. The molecule has 0 aliphatic rings. The highest BCUT2D eigenvalue weighted by Gasteiger charge is 2.15. The van der Waals surface area contributed by atoms with Gasteiger partial charge >= 0.3 is 0 Å². The molecule has 0 bridgehead atoms. The summed E-state index contributed by atoms with van der Waals surface area (Å²) >= 11 is 15.3. The Balaban J connectivity index is 2.34. The standard InChI is InChI=1S/C13H9BrCl2N2O/c14-8-5-4-7(17)6-11(8)18-13(19)12-9(15)2-1-3-10(12)16/h1-6H,17H2,(H,18,19). The number of carbonyl (C=O) groups excluding carboxylic acids is 1. The molecule has 2 aromatic carbocycles. The summed E-state index contributed by atoms with van der Waals surface area (Å²) in [6, 6.07) is 10.0. The monoisotopic (exact) mass is 358 g/mol. The molecule has 0 spiro atoms. The largest absolute Gasteiger partial charge is 0.399 e. The van der Waals surface area contributed by atoms with Crippen molar-refractivity contribution in [3.63, 3.8) is 0 Å². The van der Waals surface area contributed by atoms with E-state index >= 15 is 0 Å². The Labute approximate surface area is 128 Å². The van der Waals surface area contributed by atoms with Crippen molar-refractivity contribution in [3.05, 3.63) is 56.5 Å². The Kier molecular flexibility index (Phi) is 4.34. The van der Waals surface area contributed by atoms with Gasteiger partial charge in [0.2, 0.25) is 0 Å². The van der Waals surface area contributed by atoms with Crippen LogP contribution in [0.25, 0.3) is 0 Å². The van der Waals surface area contributed by atoms with Crippen LogP contribution in [0.3, 0.4) is 0 Å². The number of benzene rings is 2. The molecule has 0 fully saturated rings. The Morgan fingerprint density at radius 1 is 1.16 bits per heavy atom. The number of nitrogen functional groups attached to an aromatic ring is 1. The first-order valence-corrected chi connectivity index (χ1v) is 6.84. The van der Waals surface area contributed by atoms with E-state index in [-0.39, 0.29) is 11.5 Å². The summed E-state index contributed by atoms with van der Waals surface area (Å²) in [7, 11) is 0. The molecule has 0 aromatic heterocycles. The first-order valence-electron chi connectivity index (χ1n) is 5.29. The van der Waals surface area contributed by atoms with Gasteiger partial charge in [-0.3, -0.25) is 4.79 Å². The first kappa shape index (κ1) is 14.2. The predicted molar refractivity (Wildman–Crippen MR) is 83.0 cm³/mol. The molecule has 0 saturated heterocycles. The molecule has 0 atom stereocenters. The second-order valence-electron chi connectivity index (χ2n) is 3.79. The average molecular weight is 360 g/mol. The lowest BCUT2D eigenvalue weighted by Crippen LogP contribution is -2.13. The molecule has 2 rings (SSSR count). The third-order valence-corrected chi connectivity index (χ3v) is 3.75. The van der Waals surface area contributed by atoms with Gasteiger partial charge in [0.1, 0.15) is 0 Å². The number of anilines is 2. The van der Waals surface area contributed by atoms with E-state index in [1.165, 1.54) is 0 Å². The molecule has 1 amide bonds. The molecule has 6 heteroatoms. The number of amides is 1. The van der Waals surface area contributed by atoms with Gasteiger partial charge in [-0.05, 0) is 46.3 Å². The van der Waals surface area contributed by atoms with Crippen molar-refractivity contribution in [3.8, 4) is 0 Å². The molecule has 19 heavy (non-hydrogen) atoms. The number of halogens is 3. The van der Waals surface area contributed by atoms with Crippen LogP contribution in [0.1, 0.15) is 10.4 Å². The lowest BCUT2D eigenvalue weighted by molar-refractivity contribution is 0.102. The maximum absolute atomic E-state index is 12.2. The second kappa shape index (κ2) is 5.82. The fourth-order valence-electron chi connectivity index (χ4n) is 1.54. The van der Waals surface area contributed by atoms with E-state index in [1.807, 2.05) is 0 Å². The molecule has 0 saturated carbocycles. The molecule has 3 N–H and O–H groups in total. The predicted octanol–water partition coefficient (Wildman–Crippen LogP) is 4.59. The lowest BCUT2D eigenvalue weighted by atomic mass is 10.2. The van der Waals surface area contributed by atoms with Gasteiger partial charge < -0.3 is 11.1 Å². The first-order chi connectivity index (χ1) is 8.99. The Bertz CT molecular complexity index is 626. The van der Waals surface area contributed by atoms with E-state index in [0.717, 1.165) is 4.47 Å². The molecular weight excluding hydrogens is 351 g/mol. The molecule has 0 aliphatic heterocycles. The van der Waals surface area contributed by atoms with Crippen LogP contribution in [-0.2, 0) is 0 Å². The SMILES string of the molecule is Nc1ccc(Br)c(NC(=O)c2c(Cl)cccc2Cl)c1. The van der Waals surface area contributed by atoms with Crippen molar-refractivity contribution in [1.82, 2.24) is 0 Å². The van der Waals surface area contributed by atoms with Crippen LogP contribution in [-0.4, -0.2) is 5.91 Å². The van der Waals surface area contributed by atoms with Crippen molar-refractivity contribution >= 4 is 56.4 Å². The summed E-state index contributed by atoms with van der Waals surface area (Å²) in [6.07, 6.45) is 0. The van der Waals surface area contributed by atoms with Gasteiger partial charge in [0.05, 0.1) is 21.3 Å². The summed E-state index contributed by atoms with van der Waals surface area (Å²) in [5.41, 5.74) is 7.02. The van der Waals surface area contributed by atoms with E-state index in [1.54, 1.807) is 36.4 Å². The highest BCUT2D eigenvalue weighted by atomic mass is 79.9. The highest BCUT2D eigenvalue weighted by Crippen LogP contribution is 2.28. The molecule has 0 heterocycles. The molecule has 0 aliphatic carbocycles. The van der Waals surface area contributed by atoms with Gasteiger partial charge in [0.15, 0.2) is 0 Å². The Hall–Kier alpha value is -1.23. The van der Waals surface area contributed by atoms with E-state index in [0.29, 0.717) is 21.4 Å². The molecule has 2 aromatic rings. The van der Waals surface area contributed by atoms with Crippen LogP contribution in [0.4, 0.5) is 11.4 Å². The van der Waals surface area contributed by atoms with Crippen LogP contribution < -0.4 is 11.1 Å². The average Bonchev–Trinajstić information content (AvgIpc) is 2.33. The van der Waals surface area contributed by atoms with E-state index in [4.69, 9.17) is 28.9 Å². The number of nitrogens with one attached hydrogen (secondary N) is 1. The zero-order valence-electron chi connectivity index (χ0n) is 9.58. The smallest absolute Gasteiger partial charge is 0.258 e. The van der Waals surface area contributed by atoms with Crippen molar-refractivity contribution in [2.24, 2.45) is 0 Å². The minimum absolute atomic E-state index is 0.236. The molecule has 98 valence electrons. The van der Waals surface area contributed by atoms with Crippen molar-refractivity contribution in [2.45, 2.75) is 0 Å². The quantitative estimate of drug-likeness (QED) is 0.770. The van der Waals surface area contributed by atoms with Crippen LogP contribution in [0.2, 0.25) is 10.0 Å². The van der Waals surface area contributed by atoms with E-state index in [2.05, 4.69) is 21.2 Å². The Morgan fingerprint density at radius 3 is 2.42 bits per heavy atom. The zero-order chi connectivity index (χ0) is 14.0. The van der Waals surface area contributed by atoms with Gasteiger partial charge in [-0.15, -0.1) is 0 Å². The fraction of sp³-hybridized carbons (Fsp3) is 0. The van der Waals surface area contributed by atoms with E-state index in [9.17, 15) is 4.79 Å². The maximum atomic E-state index is 12.2. The summed E-state index contributed by atoms with van der Waals surface area (Å²) in [4.78, 5) is 12.2. The van der Waals surface area contributed by atoms with Crippen LogP contribution in [0.5, 0.6) is 0 Å².